The third-order valence-corrected chi connectivity index (χ3v) is 3.75. The summed E-state index contributed by atoms with van der Waals surface area (Å²) in [6, 6.07) is 6.49. The van der Waals surface area contributed by atoms with Crippen LogP contribution in [-0.4, -0.2) is 16.0 Å². The summed E-state index contributed by atoms with van der Waals surface area (Å²) in [5, 5.41) is 2.09. The van der Waals surface area contributed by atoms with Gasteiger partial charge in [-0.25, -0.2) is 9.97 Å². The Kier molecular flexibility index (Phi) is 4.50. The molecule has 0 saturated carbocycles. The van der Waals surface area contributed by atoms with Crippen LogP contribution in [0.2, 0.25) is 0 Å². The van der Waals surface area contributed by atoms with Crippen molar-refractivity contribution < 1.29 is 0 Å². The van der Waals surface area contributed by atoms with Crippen molar-refractivity contribution in [2.75, 3.05) is 4.90 Å². The lowest BCUT2D eigenvalue weighted by molar-refractivity contribution is 0.660. The first-order valence-electron chi connectivity index (χ1n) is 6.44. The second-order valence-corrected chi connectivity index (χ2v) is 5.84. The monoisotopic (exact) mass is 276 g/mol. The van der Waals surface area contributed by atoms with E-state index in [1.54, 1.807) is 11.3 Å². The molecule has 0 fully saturated rings. The zero-order valence-corrected chi connectivity index (χ0v) is 12.4. The molecule has 0 saturated heterocycles. The average molecular weight is 276 g/mol. The number of nitrogens with zero attached hydrogens (tertiary/aromatic N) is 3. The molecule has 0 spiro atoms. The van der Waals surface area contributed by atoms with E-state index in [2.05, 4.69) is 46.2 Å². The number of hydrogen-bond donors (Lipinski definition) is 1. The number of anilines is 1. The summed E-state index contributed by atoms with van der Waals surface area (Å²) in [5.41, 5.74) is 7.54. The van der Waals surface area contributed by atoms with Crippen molar-refractivity contribution in [1.29, 1.82) is 0 Å². The summed E-state index contributed by atoms with van der Waals surface area (Å²) in [6.45, 7) is 7.57. The van der Waals surface area contributed by atoms with Crippen LogP contribution in [0.4, 0.5) is 5.95 Å². The molecule has 0 bridgehead atoms. The molecule has 0 aliphatic heterocycles. The third-order valence-electron chi connectivity index (χ3n) is 2.89. The van der Waals surface area contributed by atoms with Gasteiger partial charge in [0.05, 0.1) is 12.2 Å². The fourth-order valence-corrected chi connectivity index (χ4v) is 2.61. The SMILES string of the molecule is Cc1cc(CN)nc(N(Cc2cccs2)C(C)C)n1. The Balaban J connectivity index is 2.30. The van der Waals surface area contributed by atoms with E-state index >= 15 is 0 Å². The number of thiophene rings is 1. The van der Waals surface area contributed by atoms with Crippen LogP contribution < -0.4 is 10.6 Å². The number of rotatable bonds is 5. The average Bonchev–Trinajstić information content (AvgIpc) is 2.87. The fraction of sp³-hybridized carbons (Fsp3) is 0.429. The van der Waals surface area contributed by atoms with E-state index in [-0.39, 0.29) is 0 Å². The maximum Gasteiger partial charge on any atom is 0.226 e. The quantitative estimate of drug-likeness (QED) is 0.912. The molecule has 2 rings (SSSR count). The Bertz CT molecular complexity index is 522. The summed E-state index contributed by atoms with van der Waals surface area (Å²) in [7, 11) is 0. The topological polar surface area (TPSA) is 55.0 Å². The van der Waals surface area contributed by atoms with Gasteiger partial charge in [0.2, 0.25) is 5.95 Å². The Morgan fingerprint density at radius 3 is 2.74 bits per heavy atom. The van der Waals surface area contributed by atoms with Crippen LogP contribution in [0.5, 0.6) is 0 Å². The highest BCUT2D eigenvalue weighted by Crippen LogP contribution is 2.19. The lowest BCUT2D eigenvalue weighted by atomic mass is 10.3. The van der Waals surface area contributed by atoms with Gasteiger partial charge in [0, 0.05) is 23.2 Å². The highest BCUT2D eigenvalue weighted by Gasteiger charge is 2.15. The number of aromatic nitrogens is 2. The minimum atomic E-state index is 0.342. The highest BCUT2D eigenvalue weighted by molar-refractivity contribution is 7.09. The standard InChI is InChI=1S/C14H20N4S/c1-10(2)18(9-13-5-4-6-19-13)14-16-11(3)7-12(8-15)17-14/h4-7,10H,8-9,15H2,1-3H3. The largest absolute Gasteiger partial charge is 0.333 e. The van der Waals surface area contributed by atoms with Gasteiger partial charge in [0.1, 0.15) is 0 Å². The summed E-state index contributed by atoms with van der Waals surface area (Å²) in [6.07, 6.45) is 0. The van der Waals surface area contributed by atoms with Crippen molar-refractivity contribution >= 4 is 17.3 Å². The van der Waals surface area contributed by atoms with Crippen molar-refractivity contribution in [3.8, 4) is 0 Å². The molecular weight excluding hydrogens is 256 g/mol. The maximum atomic E-state index is 5.69. The minimum Gasteiger partial charge on any atom is -0.333 e. The smallest absolute Gasteiger partial charge is 0.226 e. The summed E-state index contributed by atoms with van der Waals surface area (Å²) in [4.78, 5) is 12.6. The van der Waals surface area contributed by atoms with Crippen molar-refractivity contribution in [3.63, 3.8) is 0 Å². The van der Waals surface area contributed by atoms with Crippen LogP contribution in [0.25, 0.3) is 0 Å². The molecule has 2 N–H and O–H groups in total. The lowest BCUT2D eigenvalue weighted by Gasteiger charge is -2.26. The maximum absolute atomic E-state index is 5.69. The van der Waals surface area contributed by atoms with Gasteiger partial charge in [-0.1, -0.05) is 6.07 Å². The predicted octanol–water partition coefficient (Wildman–Crippen LogP) is 2.72. The molecule has 0 aliphatic rings. The van der Waals surface area contributed by atoms with Gasteiger partial charge in [0.25, 0.3) is 0 Å². The molecule has 5 heteroatoms. The zero-order chi connectivity index (χ0) is 13.8. The van der Waals surface area contributed by atoms with Crippen molar-refractivity contribution in [1.82, 2.24) is 9.97 Å². The second-order valence-electron chi connectivity index (χ2n) is 4.81. The number of aryl methyl sites for hydroxylation is 1. The molecular formula is C14H20N4S. The van der Waals surface area contributed by atoms with E-state index < -0.39 is 0 Å². The van der Waals surface area contributed by atoms with Crippen molar-refractivity contribution in [2.24, 2.45) is 5.73 Å². The molecule has 2 heterocycles. The second kappa shape index (κ2) is 6.12. The Hall–Kier alpha value is -1.46. The van der Waals surface area contributed by atoms with Gasteiger partial charge in [0.15, 0.2) is 0 Å². The summed E-state index contributed by atoms with van der Waals surface area (Å²) >= 11 is 1.76. The van der Waals surface area contributed by atoms with Crippen molar-refractivity contribution in [2.45, 2.75) is 39.9 Å². The molecule has 4 nitrogen and oxygen atoms in total. The Morgan fingerprint density at radius 2 is 2.16 bits per heavy atom. The van der Waals surface area contributed by atoms with Gasteiger partial charge in [-0.2, -0.15) is 0 Å². The molecule has 2 aromatic rings. The Labute approximate surface area is 118 Å². The van der Waals surface area contributed by atoms with Crippen LogP contribution in [0.15, 0.2) is 23.6 Å². The van der Waals surface area contributed by atoms with Crippen LogP contribution in [0.3, 0.4) is 0 Å². The van der Waals surface area contributed by atoms with Gasteiger partial charge in [-0.3, -0.25) is 0 Å². The molecule has 0 aliphatic carbocycles. The minimum absolute atomic E-state index is 0.342. The zero-order valence-electron chi connectivity index (χ0n) is 11.6. The molecule has 102 valence electrons. The molecule has 2 aromatic heterocycles. The first-order chi connectivity index (χ1) is 9.10. The number of nitrogens with two attached hydrogens (primary N) is 1. The normalized spacial score (nSPS) is 11.0. The van der Waals surface area contributed by atoms with Gasteiger partial charge in [-0.15, -0.1) is 11.3 Å². The Morgan fingerprint density at radius 1 is 1.37 bits per heavy atom. The number of hydrogen-bond acceptors (Lipinski definition) is 5. The van der Waals surface area contributed by atoms with E-state index in [1.165, 1.54) is 4.88 Å². The fourth-order valence-electron chi connectivity index (χ4n) is 1.90. The van der Waals surface area contributed by atoms with Crippen LogP contribution in [-0.2, 0) is 13.1 Å². The molecule has 0 unspecified atom stereocenters. The van der Waals surface area contributed by atoms with E-state index in [0.29, 0.717) is 12.6 Å². The van der Waals surface area contributed by atoms with Crippen molar-refractivity contribution in [3.05, 3.63) is 39.8 Å². The molecule has 0 aromatic carbocycles. The van der Waals surface area contributed by atoms with Crippen LogP contribution in [0, 0.1) is 6.92 Å². The molecule has 0 atom stereocenters. The summed E-state index contributed by atoms with van der Waals surface area (Å²) in [5.74, 6) is 0.767. The van der Waals surface area contributed by atoms with Gasteiger partial charge in [-0.05, 0) is 38.3 Å². The lowest BCUT2D eigenvalue weighted by Crippen LogP contribution is -2.32. The van der Waals surface area contributed by atoms with Crippen LogP contribution in [0.1, 0.15) is 30.1 Å². The summed E-state index contributed by atoms with van der Waals surface area (Å²) < 4.78 is 0. The van der Waals surface area contributed by atoms with E-state index in [1.807, 2.05) is 13.0 Å². The first-order valence-corrected chi connectivity index (χ1v) is 7.31. The third kappa shape index (κ3) is 3.52. The van der Waals surface area contributed by atoms with E-state index in [4.69, 9.17) is 5.73 Å². The van der Waals surface area contributed by atoms with E-state index in [9.17, 15) is 0 Å². The van der Waals surface area contributed by atoms with Gasteiger partial charge < -0.3 is 10.6 Å². The first kappa shape index (κ1) is 14.0. The predicted molar refractivity (Wildman–Crippen MR) is 80.3 cm³/mol. The highest BCUT2D eigenvalue weighted by atomic mass is 32.1. The molecule has 19 heavy (non-hydrogen) atoms. The molecule has 0 amide bonds. The van der Waals surface area contributed by atoms with Gasteiger partial charge >= 0.3 is 0 Å². The van der Waals surface area contributed by atoms with Crippen LogP contribution >= 0.6 is 11.3 Å². The molecule has 0 radical (unpaired) electrons. The van der Waals surface area contributed by atoms with E-state index in [0.717, 1.165) is 23.9 Å².